The third-order valence-corrected chi connectivity index (χ3v) is 4.63. The van der Waals surface area contributed by atoms with Crippen molar-refractivity contribution >= 4 is 11.8 Å². The van der Waals surface area contributed by atoms with Gasteiger partial charge in [0.2, 0.25) is 0 Å². The molecule has 0 atom stereocenters. The molecule has 0 fully saturated rings. The van der Waals surface area contributed by atoms with Crippen molar-refractivity contribution in [2.75, 3.05) is 14.1 Å². The van der Waals surface area contributed by atoms with Crippen LogP contribution in [0.1, 0.15) is 31.8 Å². The number of amides is 2. The number of benzene rings is 3. The molecule has 30 heavy (non-hydrogen) atoms. The minimum atomic E-state index is -0.306. The average Bonchev–Trinajstić information content (AvgIpc) is 2.78. The van der Waals surface area contributed by atoms with Crippen molar-refractivity contribution in [2.45, 2.75) is 13.2 Å². The van der Waals surface area contributed by atoms with Crippen molar-refractivity contribution in [1.29, 1.82) is 0 Å². The summed E-state index contributed by atoms with van der Waals surface area (Å²) in [5, 5.41) is 2.58. The van der Waals surface area contributed by atoms with Gasteiger partial charge in [-0.15, -0.1) is 0 Å². The fourth-order valence-electron chi connectivity index (χ4n) is 2.97. The Balaban J connectivity index is 1.68. The summed E-state index contributed by atoms with van der Waals surface area (Å²) in [6.07, 6.45) is 0. The van der Waals surface area contributed by atoms with Gasteiger partial charge < -0.3 is 15.0 Å². The Morgan fingerprint density at radius 3 is 2.23 bits per heavy atom. The Bertz CT molecular complexity index is 1020. The van der Waals surface area contributed by atoms with Gasteiger partial charge in [0, 0.05) is 26.2 Å². The number of nitrogens with zero attached hydrogens (tertiary/aromatic N) is 1. The van der Waals surface area contributed by atoms with E-state index in [1.807, 2.05) is 12.1 Å². The molecule has 0 spiro atoms. The molecule has 0 saturated heterocycles. The quantitative estimate of drug-likeness (QED) is 0.644. The highest BCUT2D eigenvalue weighted by molar-refractivity contribution is 5.97. The highest BCUT2D eigenvalue weighted by Crippen LogP contribution is 2.22. The highest BCUT2D eigenvalue weighted by atomic mass is 19.1. The van der Waals surface area contributed by atoms with Crippen molar-refractivity contribution in [3.05, 3.63) is 101 Å². The first-order valence-electron chi connectivity index (χ1n) is 9.50. The van der Waals surface area contributed by atoms with Crippen LogP contribution in [0, 0.1) is 5.82 Å². The molecular weight excluding hydrogens is 383 g/mol. The van der Waals surface area contributed by atoms with E-state index in [0.29, 0.717) is 23.4 Å². The molecule has 0 radical (unpaired) electrons. The maximum atomic E-state index is 13.1. The molecule has 2 amide bonds. The molecule has 0 bridgehead atoms. The monoisotopic (exact) mass is 406 g/mol. The summed E-state index contributed by atoms with van der Waals surface area (Å²) in [5.41, 5.74) is 2.73. The second-order valence-corrected chi connectivity index (χ2v) is 6.85. The van der Waals surface area contributed by atoms with Crippen LogP contribution in [-0.2, 0) is 13.2 Å². The fraction of sp³-hybridized carbons (Fsp3) is 0.167. The average molecular weight is 406 g/mol. The van der Waals surface area contributed by atoms with E-state index < -0.39 is 0 Å². The van der Waals surface area contributed by atoms with Crippen LogP contribution in [0.15, 0.2) is 72.8 Å². The third kappa shape index (κ3) is 5.23. The lowest BCUT2D eigenvalue weighted by atomic mass is 10.1. The lowest BCUT2D eigenvalue weighted by Crippen LogP contribution is -2.26. The van der Waals surface area contributed by atoms with Gasteiger partial charge in [-0.3, -0.25) is 9.59 Å². The summed E-state index contributed by atoms with van der Waals surface area (Å²) in [7, 11) is 3.30. The lowest BCUT2D eigenvalue weighted by molar-refractivity contribution is 0.0779. The van der Waals surface area contributed by atoms with E-state index in [0.717, 1.165) is 11.1 Å². The molecule has 0 aliphatic heterocycles. The van der Waals surface area contributed by atoms with Crippen molar-refractivity contribution in [2.24, 2.45) is 0 Å². The smallest absolute Gasteiger partial charge is 0.257 e. The Morgan fingerprint density at radius 1 is 0.933 bits per heavy atom. The van der Waals surface area contributed by atoms with Crippen LogP contribution in [0.2, 0.25) is 0 Å². The molecular formula is C24H23FN2O3. The van der Waals surface area contributed by atoms with Gasteiger partial charge in [0.1, 0.15) is 18.2 Å². The second-order valence-electron chi connectivity index (χ2n) is 6.85. The van der Waals surface area contributed by atoms with E-state index in [1.54, 1.807) is 67.5 Å². The van der Waals surface area contributed by atoms with E-state index in [1.165, 1.54) is 12.1 Å². The predicted molar refractivity (Wildman–Crippen MR) is 113 cm³/mol. The third-order valence-electron chi connectivity index (χ3n) is 4.63. The van der Waals surface area contributed by atoms with Gasteiger partial charge in [-0.1, -0.05) is 36.4 Å². The second kappa shape index (κ2) is 9.69. The van der Waals surface area contributed by atoms with Crippen LogP contribution >= 0.6 is 0 Å². The molecule has 3 aromatic rings. The molecule has 0 aliphatic rings. The molecule has 3 rings (SSSR count). The van der Waals surface area contributed by atoms with E-state index in [4.69, 9.17) is 4.74 Å². The van der Waals surface area contributed by atoms with Crippen LogP contribution in [0.25, 0.3) is 0 Å². The topological polar surface area (TPSA) is 58.6 Å². The van der Waals surface area contributed by atoms with Gasteiger partial charge in [-0.25, -0.2) is 4.39 Å². The number of halogens is 1. The fourth-order valence-corrected chi connectivity index (χ4v) is 2.97. The van der Waals surface area contributed by atoms with Crippen molar-refractivity contribution < 1.29 is 18.7 Å². The maximum absolute atomic E-state index is 13.1. The Morgan fingerprint density at radius 2 is 1.57 bits per heavy atom. The molecule has 3 aromatic carbocycles. The van der Waals surface area contributed by atoms with Gasteiger partial charge in [-0.05, 0) is 47.5 Å². The van der Waals surface area contributed by atoms with E-state index in [9.17, 15) is 14.0 Å². The summed E-state index contributed by atoms with van der Waals surface area (Å²) < 4.78 is 18.9. The van der Waals surface area contributed by atoms with Crippen molar-refractivity contribution in [1.82, 2.24) is 10.2 Å². The van der Waals surface area contributed by atoms with Gasteiger partial charge in [0.25, 0.3) is 11.8 Å². The normalized spacial score (nSPS) is 10.4. The summed E-state index contributed by atoms with van der Waals surface area (Å²) in [6.45, 7) is 0.619. The predicted octanol–water partition coefficient (Wildman–Crippen LogP) is 4.04. The number of para-hydroxylation sites is 1. The van der Waals surface area contributed by atoms with Crippen LogP contribution < -0.4 is 10.1 Å². The Hall–Kier alpha value is -3.67. The number of hydrogen-bond acceptors (Lipinski definition) is 3. The van der Waals surface area contributed by atoms with Crippen molar-refractivity contribution in [3.63, 3.8) is 0 Å². The molecule has 0 heterocycles. The van der Waals surface area contributed by atoms with Crippen molar-refractivity contribution in [3.8, 4) is 5.75 Å². The van der Waals surface area contributed by atoms with Crippen LogP contribution in [0.4, 0.5) is 4.39 Å². The molecule has 0 aliphatic carbocycles. The van der Waals surface area contributed by atoms with Gasteiger partial charge in [-0.2, -0.15) is 0 Å². The van der Waals surface area contributed by atoms with Crippen LogP contribution in [-0.4, -0.2) is 30.8 Å². The number of carbonyl (C=O) groups is 2. The maximum Gasteiger partial charge on any atom is 0.257 e. The lowest BCUT2D eigenvalue weighted by Gasteiger charge is -2.19. The largest absolute Gasteiger partial charge is 0.488 e. The summed E-state index contributed by atoms with van der Waals surface area (Å²) in [4.78, 5) is 26.2. The SMILES string of the molecule is CNC(=O)c1ccc(CN(C)C(=O)c2ccccc2OCc2ccc(F)cc2)cc1. The van der Waals surface area contributed by atoms with E-state index in [2.05, 4.69) is 5.32 Å². The molecule has 6 heteroatoms. The standard InChI is InChI=1S/C24H23FN2O3/c1-26-23(28)19-11-7-17(8-12-19)15-27(2)24(29)21-5-3-4-6-22(21)30-16-18-9-13-20(25)14-10-18/h3-14H,15-16H2,1-2H3,(H,26,28). The minimum Gasteiger partial charge on any atom is -0.488 e. The van der Waals surface area contributed by atoms with Crippen LogP contribution in [0.3, 0.4) is 0 Å². The minimum absolute atomic E-state index is 0.154. The molecule has 0 saturated carbocycles. The number of ether oxygens (including phenoxy) is 1. The molecule has 0 aromatic heterocycles. The van der Waals surface area contributed by atoms with Gasteiger partial charge >= 0.3 is 0 Å². The molecule has 5 nitrogen and oxygen atoms in total. The van der Waals surface area contributed by atoms with Gasteiger partial charge in [0.05, 0.1) is 5.56 Å². The zero-order chi connectivity index (χ0) is 21.5. The number of carbonyl (C=O) groups excluding carboxylic acids is 2. The highest BCUT2D eigenvalue weighted by Gasteiger charge is 2.17. The van der Waals surface area contributed by atoms with E-state index in [-0.39, 0.29) is 24.2 Å². The Labute approximate surface area is 175 Å². The molecule has 0 unspecified atom stereocenters. The summed E-state index contributed by atoms with van der Waals surface area (Å²) in [6, 6.07) is 20.2. The first kappa shape index (κ1) is 21.0. The zero-order valence-corrected chi connectivity index (χ0v) is 16.9. The first-order chi connectivity index (χ1) is 14.5. The Kier molecular flexibility index (Phi) is 6.80. The first-order valence-corrected chi connectivity index (χ1v) is 9.50. The number of rotatable bonds is 7. The molecule has 154 valence electrons. The van der Waals surface area contributed by atoms with Crippen LogP contribution in [0.5, 0.6) is 5.75 Å². The number of nitrogens with one attached hydrogen (secondary N) is 1. The summed E-state index contributed by atoms with van der Waals surface area (Å²) >= 11 is 0. The zero-order valence-electron chi connectivity index (χ0n) is 16.9. The molecule has 1 N–H and O–H groups in total. The van der Waals surface area contributed by atoms with Gasteiger partial charge in [0.15, 0.2) is 0 Å². The number of hydrogen-bond donors (Lipinski definition) is 1. The van der Waals surface area contributed by atoms with E-state index >= 15 is 0 Å². The summed E-state index contributed by atoms with van der Waals surface area (Å²) in [5.74, 6) is -0.175.